The molecule has 19 heavy (non-hydrogen) atoms. The van der Waals surface area contributed by atoms with Gasteiger partial charge in [-0.1, -0.05) is 6.08 Å². The van der Waals surface area contributed by atoms with Crippen LogP contribution in [0, 0.1) is 20.2 Å². The summed E-state index contributed by atoms with van der Waals surface area (Å²) in [5, 5.41) is 22.8. The molecule has 7 nitrogen and oxygen atoms in total. The van der Waals surface area contributed by atoms with Crippen molar-refractivity contribution in [3.05, 3.63) is 30.8 Å². The molecule has 0 saturated carbocycles. The molecule has 2 aliphatic rings. The maximum absolute atomic E-state index is 11.5. The van der Waals surface area contributed by atoms with Crippen LogP contribution in [-0.2, 0) is 0 Å². The second-order valence-electron chi connectivity index (χ2n) is 5.96. The largest absolute Gasteiger partial charge is 1.00 e. The predicted octanol–water partition coefficient (Wildman–Crippen LogP) is -1.82. The number of quaternary nitrogens is 1. The third-order valence-electron chi connectivity index (χ3n) is 3.88. The number of likely N-dealkylation sites (tertiary alicyclic amines) is 1. The van der Waals surface area contributed by atoms with Crippen molar-refractivity contribution in [2.75, 3.05) is 27.2 Å². The number of hydrogen-bond acceptors (Lipinski definition) is 4. The molecule has 0 aromatic carbocycles. The number of rotatable bonds is 2. The highest BCUT2D eigenvalue weighted by Gasteiger charge is 2.69. The second-order valence-corrected chi connectivity index (χ2v) is 6.81. The van der Waals surface area contributed by atoms with Gasteiger partial charge in [0.15, 0.2) is 13.1 Å². The van der Waals surface area contributed by atoms with Crippen molar-refractivity contribution in [1.82, 2.24) is 0 Å². The van der Waals surface area contributed by atoms with Gasteiger partial charge in [0.2, 0.25) is 0 Å². The highest BCUT2D eigenvalue weighted by atomic mass is 127. The molecule has 0 spiro atoms. The standard InChI is InChI=1S/C10H15BrN3O4.HI/c1-14(2)6-9(12(15)16)4-3-8(11)10(5-9,7-14)13(17)18;/h3H,4-7H2,1-2H3;1H/q+1;/p-1. The smallest absolute Gasteiger partial charge is 0.307 e. The molecular formula is C10H15BrIN3O4. The number of nitrogens with zero attached hydrogens (tertiary/aromatic N) is 3. The van der Waals surface area contributed by atoms with Gasteiger partial charge < -0.3 is 28.5 Å². The summed E-state index contributed by atoms with van der Waals surface area (Å²) in [5.74, 6) is 0. The van der Waals surface area contributed by atoms with Crippen molar-refractivity contribution in [3.8, 4) is 0 Å². The van der Waals surface area contributed by atoms with E-state index in [1.807, 2.05) is 0 Å². The van der Waals surface area contributed by atoms with E-state index in [4.69, 9.17) is 0 Å². The first-order valence-electron chi connectivity index (χ1n) is 5.61. The average molecular weight is 448 g/mol. The van der Waals surface area contributed by atoms with E-state index in [-0.39, 0.29) is 57.7 Å². The lowest BCUT2D eigenvalue weighted by atomic mass is 9.71. The molecule has 0 aromatic rings. The number of nitro groups is 2. The molecule has 2 bridgehead atoms. The molecule has 0 N–H and O–H groups in total. The van der Waals surface area contributed by atoms with Crippen molar-refractivity contribution >= 4 is 15.9 Å². The molecular weight excluding hydrogens is 433 g/mol. The van der Waals surface area contributed by atoms with E-state index < -0.39 is 11.1 Å². The number of halogens is 2. The first kappa shape index (κ1) is 16.8. The Balaban J connectivity index is 0.00000180. The third-order valence-corrected chi connectivity index (χ3v) is 4.94. The molecule has 1 fully saturated rings. The summed E-state index contributed by atoms with van der Waals surface area (Å²) in [6.45, 7) is 0.596. The maximum atomic E-state index is 11.5. The van der Waals surface area contributed by atoms with Gasteiger partial charge in [0, 0.05) is 16.3 Å². The average Bonchev–Trinajstić information content (AvgIpc) is 2.21. The van der Waals surface area contributed by atoms with Crippen molar-refractivity contribution < 1.29 is 38.3 Å². The first-order valence-corrected chi connectivity index (χ1v) is 6.40. The molecule has 1 aliphatic heterocycles. The minimum atomic E-state index is -1.35. The van der Waals surface area contributed by atoms with Gasteiger partial charge in [-0.25, -0.2) is 0 Å². The number of piperidine rings is 1. The van der Waals surface area contributed by atoms with Gasteiger partial charge in [-0.05, 0) is 15.9 Å². The molecule has 9 heteroatoms. The first-order chi connectivity index (χ1) is 8.14. The van der Waals surface area contributed by atoms with Crippen LogP contribution in [0.4, 0.5) is 0 Å². The van der Waals surface area contributed by atoms with Crippen LogP contribution in [-0.4, -0.2) is 52.6 Å². The molecule has 1 aliphatic carbocycles. The zero-order chi connectivity index (χ0) is 13.8. The molecule has 2 rings (SSSR count). The summed E-state index contributed by atoms with van der Waals surface area (Å²) in [7, 11) is 3.61. The summed E-state index contributed by atoms with van der Waals surface area (Å²) < 4.78 is 0.758. The lowest BCUT2D eigenvalue weighted by Crippen LogP contribution is -3.00. The lowest BCUT2D eigenvalue weighted by molar-refractivity contribution is -0.933. The van der Waals surface area contributed by atoms with Crippen molar-refractivity contribution in [2.24, 2.45) is 0 Å². The van der Waals surface area contributed by atoms with Crippen LogP contribution in [0.2, 0.25) is 0 Å². The predicted molar refractivity (Wildman–Crippen MR) is 67.5 cm³/mol. The Morgan fingerprint density at radius 1 is 1.26 bits per heavy atom. The maximum Gasteiger partial charge on any atom is 0.307 e. The summed E-state index contributed by atoms with van der Waals surface area (Å²) >= 11 is 3.25. The number of fused-ring (bicyclic) bond motifs is 2. The fourth-order valence-corrected chi connectivity index (χ4v) is 3.96. The van der Waals surface area contributed by atoms with Gasteiger partial charge >= 0.3 is 5.54 Å². The Morgan fingerprint density at radius 3 is 2.32 bits per heavy atom. The zero-order valence-electron chi connectivity index (χ0n) is 10.6. The van der Waals surface area contributed by atoms with Crippen molar-refractivity contribution in [2.45, 2.75) is 23.9 Å². The molecule has 1 heterocycles. The van der Waals surface area contributed by atoms with Gasteiger partial charge in [-0.15, -0.1) is 0 Å². The van der Waals surface area contributed by atoms with Crippen LogP contribution >= 0.6 is 15.9 Å². The molecule has 2 unspecified atom stereocenters. The topological polar surface area (TPSA) is 86.3 Å². The van der Waals surface area contributed by atoms with Gasteiger partial charge in [-0.2, -0.15) is 0 Å². The van der Waals surface area contributed by atoms with Gasteiger partial charge in [-0.3, -0.25) is 20.2 Å². The van der Waals surface area contributed by atoms with Crippen LogP contribution in [0.1, 0.15) is 12.8 Å². The molecule has 2 atom stereocenters. The summed E-state index contributed by atoms with van der Waals surface area (Å²) in [6.07, 6.45) is 1.82. The molecule has 0 aromatic heterocycles. The SMILES string of the molecule is C[N+]1(C)CC2([N+](=O)[O-])CC=C(Br)C([N+](=O)[O-])(C2)C1.[I-]. The molecule has 1 saturated heterocycles. The monoisotopic (exact) mass is 447 g/mol. The van der Waals surface area contributed by atoms with Crippen LogP contribution in [0.25, 0.3) is 0 Å². The fourth-order valence-electron chi connectivity index (χ4n) is 3.39. The van der Waals surface area contributed by atoms with E-state index in [2.05, 4.69) is 15.9 Å². The summed E-state index contributed by atoms with van der Waals surface area (Å²) in [6, 6.07) is 0. The third kappa shape index (κ3) is 2.51. The van der Waals surface area contributed by atoms with Crippen molar-refractivity contribution in [1.29, 1.82) is 0 Å². The number of hydrogen-bond donors (Lipinski definition) is 0. The minimum absolute atomic E-state index is 0. The Labute approximate surface area is 136 Å². The zero-order valence-corrected chi connectivity index (χ0v) is 14.4. The quantitative estimate of drug-likeness (QED) is 0.216. The van der Waals surface area contributed by atoms with Gasteiger partial charge in [0.25, 0.3) is 5.54 Å². The highest BCUT2D eigenvalue weighted by molar-refractivity contribution is 9.11. The Bertz CT molecular complexity index is 470. The summed E-state index contributed by atoms with van der Waals surface area (Å²) in [5.41, 5.74) is -2.57. The second kappa shape index (κ2) is 4.92. The van der Waals surface area contributed by atoms with Crippen LogP contribution in [0.5, 0.6) is 0 Å². The van der Waals surface area contributed by atoms with Gasteiger partial charge in [0.05, 0.1) is 18.6 Å². The highest BCUT2D eigenvalue weighted by Crippen LogP contribution is 2.47. The Hall–Kier alpha value is -0.290. The van der Waals surface area contributed by atoms with Crippen LogP contribution < -0.4 is 24.0 Å². The van der Waals surface area contributed by atoms with Crippen LogP contribution in [0.15, 0.2) is 10.6 Å². The van der Waals surface area contributed by atoms with Gasteiger partial charge in [0.1, 0.15) is 6.42 Å². The normalized spacial score (nSPS) is 35.8. The van der Waals surface area contributed by atoms with E-state index in [1.54, 1.807) is 20.2 Å². The lowest BCUT2D eigenvalue weighted by Gasteiger charge is -2.47. The van der Waals surface area contributed by atoms with E-state index in [9.17, 15) is 20.2 Å². The van der Waals surface area contributed by atoms with E-state index in [0.717, 1.165) is 0 Å². The van der Waals surface area contributed by atoms with Crippen molar-refractivity contribution in [3.63, 3.8) is 0 Å². The minimum Gasteiger partial charge on any atom is -1.00 e. The van der Waals surface area contributed by atoms with E-state index in [1.165, 1.54) is 0 Å². The van der Waals surface area contributed by atoms with E-state index in [0.29, 0.717) is 11.0 Å². The Morgan fingerprint density at radius 2 is 1.84 bits per heavy atom. The Kier molecular flexibility index (Phi) is 4.34. The fraction of sp³-hybridized carbons (Fsp3) is 0.800. The van der Waals surface area contributed by atoms with E-state index >= 15 is 0 Å². The molecule has 108 valence electrons. The van der Waals surface area contributed by atoms with Crippen LogP contribution in [0.3, 0.4) is 0 Å². The molecule has 0 radical (unpaired) electrons. The number of likely N-dealkylation sites (N-methyl/N-ethyl adjacent to an activating group) is 1. The molecule has 0 amide bonds. The summed E-state index contributed by atoms with van der Waals surface area (Å²) in [4.78, 5) is 22.1.